The molecule has 0 bridgehead atoms. The van der Waals surface area contributed by atoms with Gasteiger partial charge in [-0.1, -0.05) is 12.1 Å². The lowest BCUT2D eigenvalue weighted by Gasteiger charge is -2.23. The van der Waals surface area contributed by atoms with Crippen molar-refractivity contribution >= 4 is 12.1 Å². The van der Waals surface area contributed by atoms with Crippen molar-refractivity contribution in [1.29, 1.82) is 0 Å². The molecule has 0 fully saturated rings. The van der Waals surface area contributed by atoms with Gasteiger partial charge in [-0.25, -0.2) is 4.79 Å². The fourth-order valence-corrected chi connectivity index (χ4v) is 2.12. The Bertz CT molecular complexity index is 565. The molecule has 0 aliphatic rings. The van der Waals surface area contributed by atoms with E-state index < -0.39 is 11.7 Å². The van der Waals surface area contributed by atoms with Crippen LogP contribution in [0.4, 0.5) is 4.79 Å². The molecular formula is C18H30N4O3. The molecule has 0 aromatic heterocycles. The van der Waals surface area contributed by atoms with Crippen LogP contribution < -0.4 is 15.4 Å². The third-order valence-corrected chi connectivity index (χ3v) is 3.23. The van der Waals surface area contributed by atoms with Gasteiger partial charge < -0.3 is 25.0 Å². The molecule has 0 spiro atoms. The second kappa shape index (κ2) is 9.76. The number of carbonyl (C=O) groups is 1. The van der Waals surface area contributed by atoms with E-state index in [0.717, 1.165) is 17.3 Å². The molecule has 1 aromatic rings. The number of nitrogens with zero attached hydrogens (tertiary/aromatic N) is 2. The lowest BCUT2D eigenvalue weighted by Crippen LogP contribution is -2.43. The average Bonchev–Trinajstić information content (AvgIpc) is 2.53. The largest absolute Gasteiger partial charge is 0.497 e. The topological polar surface area (TPSA) is 75.2 Å². The quantitative estimate of drug-likeness (QED) is 0.467. The molecule has 0 unspecified atom stereocenters. The fraction of sp³-hybridized carbons (Fsp3) is 0.556. The average molecular weight is 350 g/mol. The highest BCUT2D eigenvalue weighted by Crippen LogP contribution is 2.12. The van der Waals surface area contributed by atoms with E-state index in [1.807, 2.05) is 57.0 Å². The molecule has 0 radical (unpaired) electrons. The molecule has 0 saturated heterocycles. The van der Waals surface area contributed by atoms with Gasteiger partial charge in [-0.05, 0) is 38.5 Å². The van der Waals surface area contributed by atoms with Crippen LogP contribution in [-0.4, -0.2) is 56.8 Å². The number of aliphatic imine (C=N–C) groups is 1. The molecule has 0 atom stereocenters. The molecule has 7 heteroatoms. The van der Waals surface area contributed by atoms with Crippen LogP contribution in [0.2, 0.25) is 0 Å². The molecule has 25 heavy (non-hydrogen) atoms. The highest BCUT2D eigenvalue weighted by atomic mass is 16.6. The number of ether oxygens (including phenoxy) is 2. The van der Waals surface area contributed by atoms with E-state index in [-0.39, 0.29) is 0 Å². The summed E-state index contributed by atoms with van der Waals surface area (Å²) < 4.78 is 10.4. The predicted molar refractivity (Wildman–Crippen MR) is 100 cm³/mol. The molecular weight excluding hydrogens is 320 g/mol. The number of benzene rings is 1. The maximum absolute atomic E-state index is 11.6. The summed E-state index contributed by atoms with van der Waals surface area (Å²) in [4.78, 5) is 17.9. The zero-order chi connectivity index (χ0) is 18.9. The number of methoxy groups -OCH3 is 1. The number of nitrogens with one attached hydrogen (secondary N) is 2. The normalized spacial score (nSPS) is 11.7. The molecule has 2 N–H and O–H groups in total. The number of alkyl carbamates (subject to hydrolysis) is 1. The van der Waals surface area contributed by atoms with Crippen LogP contribution in [0, 0.1) is 0 Å². The van der Waals surface area contributed by atoms with E-state index in [0.29, 0.717) is 19.6 Å². The smallest absolute Gasteiger partial charge is 0.407 e. The van der Waals surface area contributed by atoms with Crippen molar-refractivity contribution in [1.82, 2.24) is 15.5 Å². The molecule has 0 aliphatic heterocycles. The third-order valence-electron chi connectivity index (χ3n) is 3.23. The summed E-state index contributed by atoms with van der Waals surface area (Å²) in [5.74, 6) is 1.59. The minimum atomic E-state index is -0.494. The van der Waals surface area contributed by atoms with Crippen LogP contribution in [0.3, 0.4) is 0 Å². The van der Waals surface area contributed by atoms with Gasteiger partial charge in [0.2, 0.25) is 0 Å². The van der Waals surface area contributed by atoms with Crippen LogP contribution >= 0.6 is 0 Å². The van der Waals surface area contributed by atoms with Crippen molar-refractivity contribution < 1.29 is 14.3 Å². The Morgan fingerprint density at radius 2 is 1.76 bits per heavy atom. The van der Waals surface area contributed by atoms with E-state index in [4.69, 9.17) is 9.47 Å². The number of guanidine groups is 1. The number of hydrogen-bond acceptors (Lipinski definition) is 4. The Hall–Kier alpha value is -2.44. The van der Waals surface area contributed by atoms with Crippen molar-refractivity contribution in [3.8, 4) is 5.75 Å². The first kappa shape index (κ1) is 20.6. The van der Waals surface area contributed by atoms with Crippen molar-refractivity contribution in [3.05, 3.63) is 29.8 Å². The van der Waals surface area contributed by atoms with Crippen LogP contribution in [0.1, 0.15) is 26.3 Å². The number of rotatable bonds is 6. The standard InChI is InChI=1S/C18H30N4O3/c1-18(2,3)25-17(23)21-12-11-20-16(19-4)22(5)13-14-7-9-15(24-6)10-8-14/h7-10H,11-13H2,1-6H3,(H,19,20)(H,21,23). The molecule has 0 aliphatic carbocycles. The van der Waals surface area contributed by atoms with E-state index in [1.54, 1.807) is 14.2 Å². The van der Waals surface area contributed by atoms with Gasteiger partial charge in [0.15, 0.2) is 5.96 Å². The maximum atomic E-state index is 11.6. The van der Waals surface area contributed by atoms with Gasteiger partial charge in [-0.15, -0.1) is 0 Å². The third kappa shape index (κ3) is 8.28. The highest BCUT2D eigenvalue weighted by Gasteiger charge is 2.15. The van der Waals surface area contributed by atoms with E-state index in [1.165, 1.54) is 0 Å². The Kier molecular flexibility index (Phi) is 8.04. The minimum Gasteiger partial charge on any atom is -0.497 e. The second-order valence-electron chi connectivity index (χ2n) is 6.61. The first-order valence-electron chi connectivity index (χ1n) is 8.26. The van der Waals surface area contributed by atoms with Crippen LogP contribution in [0.15, 0.2) is 29.3 Å². The minimum absolute atomic E-state index is 0.420. The molecule has 1 aromatic carbocycles. The summed E-state index contributed by atoms with van der Waals surface area (Å²) in [5, 5.41) is 5.92. The van der Waals surface area contributed by atoms with Crippen molar-refractivity contribution in [2.75, 3.05) is 34.3 Å². The fourth-order valence-electron chi connectivity index (χ4n) is 2.12. The summed E-state index contributed by atoms with van der Waals surface area (Å²) in [6.07, 6.45) is -0.420. The molecule has 0 saturated carbocycles. The van der Waals surface area contributed by atoms with Crippen molar-refractivity contribution in [2.45, 2.75) is 32.9 Å². The van der Waals surface area contributed by atoms with Gasteiger partial charge in [0, 0.05) is 33.7 Å². The highest BCUT2D eigenvalue weighted by molar-refractivity contribution is 5.79. The molecule has 1 rings (SSSR count). The molecule has 1 amide bonds. The second-order valence-corrected chi connectivity index (χ2v) is 6.61. The SMILES string of the molecule is CN=C(NCCNC(=O)OC(C)(C)C)N(C)Cc1ccc(OC)cc1. The predicted octanol–water partition coefficient (Wildman–Crippen LogP) is 2.23. The van der Waals surface area contributed by atoms with Gasteiger partial charge in [-0.3, -0.25) is 4.99 Å². The van der Waals surface area contributed by atoms with E-state index in [2.05, 4.69) is 15.6 Å². The summed E-state index contributed by atoms with van der Waals surface area (Å²) >= 11 is 0. The summed E-state index contributed by atoms with van der Waals surface area (Å²) in [7, 11) is 5.34. The monoisotopic (exact) mass is 350 g/mol. The van der Waals surface area contributed by atoms with E-state index in [9.17, 15) is 4.79 Å². The lowest BCUT2D eigenvalue weighted by atomic mass is 10.2. The first-order valence-corrected chi connectivity index (χ1v) is 8.26. The van der Waals surface area contributed by atoms with Gasteiger partial charge in [0.05, 0.1) is 7.11 Å². The molecule has 0 heterocycles. The maximum Gasteiger partial charge on any atom is 0.407 e. The van der Waals surface area contributed by atoms with E-state index >= 15 is 0 Å². The zero-order valence-electron chi connectivity index (χ0n) is 16.0. The summed E-state index contributed by atoms with van der Waals surface area (Å²) in [5.41, 5.74) is 0.657. The summed E-state index contributed by atoms with van der Waals surface area (Å²) in [6.45, 7) is 7.22. The van der Waals surface area contributed by atoms with Gasteiger partial charge in [0.25, 0.3) is 0 Å². The molecule has 140 valence electrons. The van der Waals surface area contributed by atoms with Gasteiger partial charge in [0.1, 0.15) is 11.4 Å². The van der Waals surface area contributed by atoms with Crippen LogP contribution in [0.5, 0.6) is 5.75 Å². The molecule has 7 nitrogen and oxygen atoms in total. The number of amides is 1. The zero-order valence-corrected chi connectivity index (χ0v) is 16.0. The van der Waals surface area contributed by atoms with Crippen molar-refractivity contribution in [3.63, 3.8) is 0 Å². The Morgan fingerprint density at radius 3 is 2.28 bits per heavy atom. The number of hydrogen-bond donors (Lipinski definition) is 2. The Balaban J connectivity index is 2.38. The van der Waals surface area contributed by atoms with Gasteiger partial charge >= 0.3 is 6.09 Å². The number of carbonyl (C=O) groups excluding carboxylic acids is 1. The van der Waals surface area contributed by atoms with Crippen LogP contribution in [0.25, 0.3) is 0 Å². The van der Waals surface area contributed by atoms with Crippen molar-refractivity contribution in [2.24, 2.45) is 4.99 Å². The van der Waals surface area contributed by atoms with Gasteiger partial charge in [-0.2, -0.15) is 0 Å². The summed E-state index contributed by atoms with van der Waals surface area (Å²) in [6, 6.07) is 7.91. The Morgan fingerprint density at radius 1 is 1.16 bits per heavy atom. The van der Waals surface area contributed by atoms with Crippen LogP contribution in [-0.2, 0) is 11.3 Å². The Labute approximate surface area is 150 Å². The first-order chi connectivity index (χ1) is 11.7. The lowest BCUT2D eigenvalue weighted by molar-refractivity contribution is 0.0529.